The number of primary amides is 1. The first-order valence-electron chi connectivity index (χ1n) is 12.6. The molecule has 0 aromatic heterocycles. The zero-order valence-corrected chi connectivity index (χ0v) is 22.1. The molecule has 1 aromatic rings. The number of Topliss-reactive ketones (excluding diaryl/α,β-unsaturated/α-hetero) is 2. The number of phenolic OH excluding ortho intramolecular Hbond substituents is 1. The van der Waals surface area contributed by atoms with Gasteiger partial charge in [-0.25, -0.2) is 4.79 Å². The molecule has 0 aliphatic heterocycles. The van der Waals surface area contributed by atoms with Crippen molar-refractivity contribution in [3.8, 4) is 5.75 Å². The van der Waals surface area contributed by atoms with Crippen molar-refractivity contribution in [1.29, 1.82) is 0 Å². The third-order valence-electron chi connectivity index (χ3n) is 7.67. The van der Waals surface area contributed by atoms with Crippen molar-refractivity contribution in [1.82, 2.24) is 10.2 Å². The SMILES string of the molecule is CC(C)COC(=O)NCc1ccc(O)c2c1C[C@H]1C[C@H]3[C@@H](N(C)C)C(O)=C(C(N)=O)C(=O)[C@@]3(O)C(O)=C1C2=O. The summed E-state index contributed by atoms with van der Waals surface area (Å²) in [6, 6.07) is 1.78. The topological polar surface area (TPSA) is 200 Å². The number of carbonyl (C=O) groups is 4. The van der Waals surface area contributed by atoms with E-state index >= 15 is 0 Å². The van der Waals surface area contributed by atoms with Gasteiger partial charge in [-0.1, -0.05) is 19.9 Å². The van der Waals surface area contributed by atoms with E-state index in [1.807, 2.05) is 13.8 Å². The molecule has 0 fully saturated rings. The first kappa shape index (κ1) is 28.1. The van der Waals surface area contributed by atoms with Crippen LogP contribution >= 0.6 is 0 Å². The fourth-order valence-electron chi connectivity index (χ4n) is 5.94. The standard InChI is InChI=1S/C27H33N3O9/c1-11(2)10-39-26(37)29-9-12-5-6-16(31)18-14(12)7-13-8-15-20(30(3)4)22(33)19(25(28)36)24(35)27(15,38)23(34)17(13)21(18)32/h5-6,11,13,15,20,31,33-34,38H,7-10H2,1-4H3,(H2,28,36)(H,29,37)/t13-,15-,20+,27-/m0/s1. The summed E-state index contributed by atoms with van der Waals surface area (Å²) < 4.78 is 5.13. The first-order chi connectivity index (χ1) is 18.2. The Morgan fingerprint density at radius 1 is 1.21 bits per heavy atom. The summed E-state index contributed by atoms with van der Waals surface area (Å²) in [6.07, 6.45) is -0.540. The van der Waals surface area contributed by atoms with Crippen LogP contribution in [0.1, 0.15) is 41.8 Å². The molecule has 4 rings (SSSR count). The van der Waals surface area contributed by atoms with Gasteiger partial charge in [-0.3, -0.25) is 19.3 Å². The molecular weight excluding hydrogens is 510 g/mol. The Hall–Kier alpha value is -3.90. The Bertz CT molecular complexity index is 1330. The summed E-state index contributed by atoms with van der Waals surface area (Å²) in [7, 11) is 3.13. The van der Waals surface area contributed by atoms with E-state index < -0.39 is 64.1 Å². The highest BCUT2D eigenvalue weighted by molar-refractivity contribution is 6.24. The van der Waals surface area contributed by atoms with Gasteiger partial charge >= 0.3 is 6.09 Å². The predicted molar refractivity (Wildman–Crippen MR) is 137 cm³/mol. The van der Waals surface area contributed by atoms with Crippen LogP contribution in [0.3, 0.4) is 0 Å². The molecule has 12 heteroatoms. The molecule has 0 saturated heterocycles. The average molecular weight is 544 g/mol. The molecule has 0 radical (unpaired) electrons. The average Bonchev–Trinajstić information content (AvgIpc) is 2.84. The number of rotatable bonds is 6. The summed E-state index contributed by atoms with van der Waals surface area (Å²) in [4.78, 5) is 52.7. The third kappa shape index (κ3) is 4.43. The lowest BCUT2D eigenvalue weighted by molar-refractivity contribution is -0.148. The Morgan fingerprint density at radius 3 is 2.46 bits per heavy atom. The molecule has 1 aromatic carbocycles. The number of nitrogens with zero attached hydrogens (tertiary/aromatic N) is 1. The van der Waals surface area contributed by atoms with Crippen molar-refractivity contribution in [2.24, 2.45) is 23.5 Å². The summed E-state index contributed by atoms with van der Waals surface area (Å²) in [5, 5.41) is 47.0. The van der Waals surface area contributed by atoms with Gasteiger partial charge in [-0.2, -0.15) is 0 Å². The van der Waals surface area contributed by atoms with Crippen LogP contribution < -0.4 is 11.1 Å². The second-order valence-electron chi connectivity index (χ2n) is 10.9. The molecule has 0 heterocycles. The van der Waals surface area contributed by atoms with Gasteiger partial charge < -0.3 is 36.2 Å². The van der Waals surface area contributed by atoms with Crippen molar-refractivity contribution in [2.75, 3.05) is 20.7 Å². The smallest absolute Gasteiger partial charge is 0.407 e. The van der Waals surface area contributed by atoms with Gasteiger partial charge in [0.25, 0.3) is 5.91 Å². The molecule has 12 nitrogen and oxygen atoms in total. The highest BCUT2D eigenvalue weighted by Gasteiger charge is 2.63. The quantitative estimate of drug-likeness (QED) is 0.281. The molecule has 2 amide bonds. The van der Waals surface area contributed by atoms with Crippen LogP contribution in [-0.2, 0) is 27.3 Å². The van der Waals surface area contributed by atoms with E-state index in [-0.39, 0.29) is 48.8 Å². The van der Waals surface area contributed by atoms with Gasteiger partial charge in [0.05, 0.1) is 18.2 Å². The van der Waals surface area contributed by atoms with E-state index in [9.17, 15) is 39.6 Å². The van der Waals surface area contributed by atoms with E-state index in [2.05, 4.69) is 5.32 Å². The van der Waals surface area contributed by atoms with Crippen LogP contribution in [-0.4, -0.2) is 81.2 Å². The van der Waals surface area contributed by atoms with Crippen LogP contribution in [0, 0.1) is 17.8 Å². The van der Waals surface area contributed by atoms with E-state index in [0.717, 1.165) is 0 Å². The lowest BCUT2D eigenvalue weighted by atomic mass is 9.58. The predicted octanol–water partition coefficient (Wildman–Crippen LogP) is 1.00. The monoisotopic (exact) mass is 543 g/mol. The van der Waals surface area contributed by atoms with Crippen LogP contribution in [0.2, 0.25) is 0 Å². The number of aromatic hydroxyl groups is 1. The summed E-state index contributed by atoms with van der Waals surface area (Å²) in [5.41, 5.74) is 2.40. The molecule has 4 atom stereocenters. The maximum absolute atomic E-state index is 13.7. The number of carbonyl (C=O) groups excluding carboxylic acids is 4. The van der Waals surface area contributed by atoms with Gasteiger partial charge in [0.1, 0.15) is 22.8 Å². The number of nitrogens with one attached hydrogen (secondary N) is 1. The van der Waals surface area contributed by atoms with E-state index in [1.165, 1.54) is 11.0 Å². The number of ether oxygens (including phenoxy) is 1. The lowest BCUT2D eigenvalue weighted by Crippen LogP contribution is -2.63. The number of nitrogens with two attached hydrogens (primary N) is 1. The van der Waals surface area contributed by atoms with Gasteiger partial charge in [-0.05, 0) is 56.0 Å². The zero-order chi connectivity index (χ0) is 29.0. The Morgan fingerprint density at radius 2 is 1.87 bits per heavy atom. The minimum absolute atomic E-state index is 0.00223. The molecule has 0 saturated carbocycles. The first-order valence-corrected chi connectivity index (χ1v) is 12.6. The number of hydrogen-bond acceptors (Lipinski definition) is 10. The van der Waals surface area contributed by atoms with Crippen molar-refractivity contribution < 1.29 is 44.3 Å². The number of aliphatic hydroxyl groups is 3. The molecule has 0 spiro atoms. The van der Waals surface area contributed by atoms with Crippen molar-refractivity contribution in [3.63, 3.8) is 0 Å². The normalized spacial score (nSPS) is 26.4. The lowest BCUT2D eigenvalue weighted by Gasteiger charge is -2.50. The number of amides is 2. The molecule has 0 unspecified atom stereocenters. The number of fused-ring (bicyclic) bond motifs is 3. The summed E-state index contributed by atoms with van der Waals surface area (Å²) in [5.74, 6) is -6.97. The number of aliphatic hydroxyl groups excluding tert-OH is 2. The van der Waals surface area contributed by atoms with Gasteiger partial charge in [0.2, 0.25) is 5.78 Å². The van der Waals surface area contributed by atoms with E-state index in [0.29, 0.717) is 11.1 Å². The number of ketones is 2. The number of benzene rings is 1. The van der Waals surface area contributed by atoms with Gasteiger partial charge in [-0.15, -0.1) is 0 Å². The Kier molecular flexibility index (Phi) is 7.21. The highest BCUT2D eigenvalue weighted by atomic mass is 16.5. The fourth-order valence-corrected chi connectivity index (χ4v) is 5.94. The highest BCUT2D eigenvalue weighted by Crippen LogP contribution is 2.52. The van der Waals surface area contributed by atoms with Crippen LogP contribution in [0.5, 0.6) is 5.75 Å². The largest absolute Gasteiger partial charge is 0.510 e. The number of likely N-dealkylation sites (N-methyl/N-ethyl adjacent to an activating group) is 1. The molecule has 3 aliphatic carbocycles. The Labute approximate surface area is 224 Å². The van der Waals surface area contributed by atoms with E-state index in [4.69, 9.17) is 10.5 Å². The van der Waals surface area contributed by atoms with Crippen LogP contribution in [0.25, 0.3) is 0 Å². The van der Waals surface area contributed by atoms with Crippen molar-refractivity contribution in [3.05, 3.63) is 51.5 Å². The third-order valence-corrected chi connectivity index (χ3v) is 7.67. The number of allylic oxidation sites excluding steroid dienone is 1. The maximum atomic E-state index is 13.7. The number of phenols is 1. The van der Waals surface area contributed by atoms with Gasteiger partial charge in [0, 0.05) is 18.0 Å². The van der Waals surface area contributed by atoms with Gasteiger partial charge in [0.15, 0.2) is 11.4 Å². The number of alkyl carbamates (subject to hydrolysis) is 1. The molecule has 0 bridgehead atoms. The summed E-state index contributed by atoms with van der Waals surface area (Å²) >= 11 is 0. The second kappa shape index (κ2) is 10.0. The molecular formula is C27H33N3O9. The van der Waals surface area contributed by atoms with E-state index in [1.54, 1.807) is 20.2 Å². The minimum Gasteiger partial charge on any atom is -0.510 e. The second-order valence-corrected chi connectivity index (χ2v) is 10.9. The van der Waals surface area contributed by atoms with Crippen LogP contribution in [0.15, 0.2) is 34.8 Å². The number of hydrogen-bond donors (Lipinski definition) is 6. The molecule has 210 valence electrons. The molecule has 7 N–H and O–H groups in total. The van der Waals surface area contributed by atoms with Crippen molar-refractivity contribution in [2.45, 2.75) is 44.9 Å². The molecule has 3 aliphatic rings. The zero-order valence-electron chi connectivity index (χ0n) is 22.1. The Balaban J connectivity index is 1.78. The van der Waals surface area contributed by atoms with Crippen LogP contribution in [0.4, 0.5) is 4.79 Å². The fraction of sp³-hybridized carbons (Fsp3) is 0.481. The van der Waals surface area contributed by atoms with Crippen molar-refractivity contribution >= 4 is 23.6 Å². The maximum Gasteiger partial charge on any atom is 0.407 e. The summed E-state index contributed by atoms with van der Waals surface area (Å²) in [6.45, 7) is 4.02. The minimum atomic E-state index is -2.69. The molecule has 39 heavy (non-hydrogen) atoms.